The number of hydrogen-bond acceptors (Lipinski definition) is 2. The summed E-state index contributed by atoms with van der Waals surface area (Å²) in [6.07, 6.45) is 0. The average molecular weight is 154 g/mol. The normalized spacial score (nSPS) is 15.8. The predicted octanol–water partition coefficient (Wildman–Crippen LogP) is -0.161. The summed E-state index contributed by atoms with van der Waals surface area (Å²) in [7, 11) is -5.75. The molecule has 0 bridgehead atoms. The molecule has 6 heteroatoms. The molecule has 0 fully saturated rings. The Morgan fingerprint density at radius 1 is 1.00 bits per heavy atom. The van der Waals surface area contributed by atoms with E-state index in [1.54, 1.807) is 11.3 Å². The average Bonchev–Trinajstić information content (AvgIpc) is 1.61. The fourth-order valence-electron chi connectivity index (χ4n) is 0.107. The van der Waals surface area contributed by atoms with Crippen LogP contribution in [0.3, 0.4) is 0 Å². The van der Waals surface area contributed by atoms with E-state index in [0.29, 0.717) is 0 Å². The van der Waals surface area contributed by atoms with E-state index in [-0.39, 0.29) is 0 Å². The van der Waals surface area contributed by atoms with Crippen LogP contribution in [0.25, 0.3) is 0 Å². The first kappa shape index (κ1) is 7.94. The summed E-state index contributed by atoms with van der Waals surface area (Å²) >= 11 is 0. The van der Waals surface area contributed by atoms with Gasteiger partial charge in [-0.15, -0.1) is 0 Å². The van der Waals surface area contributed by atoms with Crippen molar-refractivity contribution in [2.75, 3.05) is 0 Å². The molecule has 0 radical (unpaired) electrons. The Morgan fingerprint density at radius 3 is 1.38 bits per heavy atom. The molecule has 8 heavy (non-hydrogen) atoms. The predicted molar refractivity (Wildman–Crippen MR) is 30.2 cm³/mol. The molecular formula is C2H4O4P2. The fraction of sp³-hybridized carbons (Fsp3) is 0. The van der Waals surface area contributed by atoms with Crippen LogP contribution in [0.5, 0.6) is 0 Å². The summed E-state index contributed by atoms with van der Waals surface area (Å²) in [5.74, 6) is 0. The molecule has 0 aliphatic rings. The SMILES string of the molecule is O=[PH](O)C#C[PH](=O)O. The van der Waals surface area contributed by atoms with Gasteiger partial charge in [0.1, 0.15) is 0 Å². The Balaban J connectivity index is 3.87. The highest BCUT2D eigenvalue weighted by atomic mass is 31.1. The molecule has 0 rings (SSSR count). The van der Waals surface area contributed by atoms with E-state index in [1.165, 1.54) is 0 Å². The van der Waals surface area contributed by atoms with Crippen molar-refractivity contribution in [2.24, 2.45) is 0 Å². The van der Waals surface area contributed by atoms with Crippen molar-refractivity contribution in [3.63, 3.8) is 0 Å². The highest BCUT2D eigenvalue weighted by Crippen LogP contribution is 2.14. The highest BCUT2D eigenvalue weighted by molar-refractivity contribution is 7.48. The van der Waals surface area contributed by atoms with Crippen LogP contribution in [0, 0.1) is 11.3 Å². The molecule has 0 aliphatic carbocycles. The second kappa shape index (κ2) is 3.88. The molecule has 2 unspecified atom stereocenters. The third-order valence-electron chi connectivity index (χ3n) is 0.276. The molecule has 4 nitrogen and oxygen atoms in total. The van der Waals surface area contributed by atoms with Crippen LogP contribution >= 0.6 is 16.1 Å². The van der Waals surface area contributed by atoms with Gasteiger partial charge in [0.25, 0.3) is 16.1 Å². The summed E-state index contributed by atoms with van der Waals surface area (Å²) in [5, 5.41) is 0. The van der Waals surface area contributed by atoms with Crippen LogP contribution in [0.4, 0.5) is 0 Å². The van der Waals surface area contributed by atoms with Crippen molar-refractivity contribution in [2.45, 2.75) is 0 Å². The van der Waals surface area contributed by atoms with Gasteiger partial charge in [0.15, 0.2) is 0 Å². The topological polar surface area (TPSA) is 74.6 Å². The molecule has 0 saturated carbocycles. The van der Waals surface area contributed by atoms with Crippen molar-refractivity contribution < 1.29 is 18.9 Å². The summed E-state index contributed by atoms with van der Waals surface area (Å²) < 4.78 is 19.4. The van der Waals surface area contributed by atoms with Gasteiger partial charge in [0, 0.05) is 0 Å². The molecule has 0 aromatic heterocycles. The highest BCUT2D eigenvalue weighted by Gasteiger charge is 1.80. The van der Waals surface area contributed by atoms with Crippen LogP contribution in [-0.4, -0.2) is 9.79 Å². The Hall–Kier alpha value is -0.0600. The van der Waals surface area contributed by atoms with Crippen molar-refractivity contribution in [1.29, 1.82) is 0 Å². The van der Waals surface area contributed by atoms with Crippen molar-refractivity contribution in [3.8, 4) is 11.3 Å². The zero-order valence-electron chi connectivity index (χ0n) is 3.71. The van der Waals surface area contributed by atoms with Gasteiger partial charge >= 0.3 is 0 Å². The minimum atomic E-state index is -2.88. The van der Waals surface area contributed by atoms with Crippen molar-refractivity contribution in [3.05, 3.63) is 0 Å². The maximum absolute atomic E-state index is 9.68. The lowest BCUT2D eigenvalue weighted by Crippen LogP contribution is -1.47. The first-order chi connectivity index (χ1) is 3.63. The Bertz CT molecular complexity index is 156. The van der Waals surface area contributed by atoms with Gasteiger partial charge in [-0.1, -0.05) is 0 Å². The molecule has 0 aromatic rings. The van der Waals surface area contributed by atoms with Crippen LogP contribution in [0.1, 0.15) is 0 Å². The molecule has 2 atom stereocenters. The maximum Gasteiger partial charge on any atom is 0.260 e. The van der Waals surface area contributed by atoms with Gasteiger partial charge in [0.05, 0.1) is 0 Å². The van der Waals surface area contributed by atoms with E-state index in [2.05, 4.69) is 0 Å². The zero-order valence-corrected chi connectivity index (χ0v) is 5.71. The van der Waals surface area contributed by atoms with Crippen molar-refractivity contribution in [1.82, 2.24) is 0 Å². The van der Waals surface area contributed by atoms with Gasteiger partial charge < -0.3 is 9.79 Å². The maximum atomic E-state index is 9.68. The standard InChI is InChI=1S/C2H4O4P2/c3-7(4)1-2-8(5)6/h7-8H,(H,3,4)(H,5,6). The molecular weight excluding hydrogens is 150 g/mol. The van der Waals surface area contributed by atoms with Crippen molar-refractivity contribution >= 4 is 16.1 Å². The van der Waals surface area contributed by atoms with E-state index in [1.807, 2.05) is 0 Å². The van der Waals surface area contributed by atoms with Gasteiger partial charge in [-0.25, -0.2) is 0 Å². The Morgan fingerprint density at radius 2 is 1.25 bits per heavy atom. The monoisotopic (exact) mass is 154 g/mol. The van der Waals surface area contributed by atoms with E-state index < -0.39 is 16.1 Å². The van der Waals surface area contributed by atoms with E-state index in [9.17, 15) is 9.13 Å². The molecule has 0 saturated heterocycles. The van der Waals surface area contributed by atoms with E-state index in [4.69, 9.17) is 9.79 Å². The second-order valence-corrected chi connectivity index (χ2v) is 2.58. The third-order valence-corrected chi connectivity index (χ3v) is 1.20. The summed E-state index contributed by atoms with van der Waals surface area (Å²) in [5.41, 5.74) is 3.36. The van der Waals surface area contributed by atoms with Gasteiger partial charge in [-0.3, -0.25) is 9.13 Å². The Kier molecular flexibility index (Phi) is 3.85. The third kappa shape index (κ3) is 5.94. The first-order valence-corrected chi connectivity index (χ1v) is 4.32. The molecule has 0 heterocycles. The lowest BCUT2D eigenvalue weighted by atomic mass is 11.4. The minimum Gasteiger partial charge on any atom is -0.338 e. The summed E-state index contributed by atoms with van der Waals surface area (Å²) in [4.78, 5) is 15.9. The summed E-state index contributed by atoms with van der Waals surface area (Å²) in [6, 6.07) is 0. The first-order valence-electron chi connectivity index (χ1n) is 1.61. The van der Waals surface area contributed by atoms with E-state index in [0.717, 1.165) is 0 Å². The fourth-order valence-corrected chi connectivity index (χ4v) is 0.962. The van der Waals surface area contributed by atoms with Crippen LogP contribution in [0.15, 0.2) is 0 Å². The van der Waals surface area contributed by atoms with E-state index >= 15 is 0 Å². The van der Waals surface area contributed by atoms with Gasteiger partial charge in [0.2, 0.25) is 0 Å². The second-order valence-electron chi connectivity index (χ2n) is 0.860. The number of hydrogen-bond donors (Lipinski definition) is 2. The van der Waals surface area contributed by atoms with Crippen LogP contribution < -0.4 is 0 Å². The molecule has 2 N–H and O–H groups in total. The smallest absolute Gasteiger partial charge is 0.260 e. The van der Waals surface area contributed by atoms with Gasteiger partial charge in [-0.2, -0.15) is 0 Å². The summed E-state index contributed by atoms with van der Waals surface area (Å²) in [6.45, 7) is 0. The quantitative estimate of drug-likeness (QED) is 0.375. The molecule has 0 aromatic carbocycles. The molecule has 0 amide bonds. The van der Waals surface area contributed by atoms with Crippen LogP contribution in [0.2, 0.25) is 0 Å². The minimum absolute atomic E-state index is 1.68. The molecule has 0 spiro atoms. The largest absolute Gasteiger partial charge is 0.338 e. The lowest BCUT2D eigenvalue weighted by Gasteiger charge is -1.71. The number of rotatable bonds is 0. The van der Waals surface area contributed by atoms with Crippen LogP contribution in [-0.2, 0) is 9.13 Å². The zero-order chi connectivity index (χ0) is 6.57. The molecule has 46 valence electrons. The van der Waals surface area contributed by atoms with Gasteiger partial charge in [-0.05, 0) is 11.3 Å². The Labute approximate surface area is 47.3 Å². The molecule has 0 aliphatic heterocycles. The lowest BCUT2D eigenvalue weighted by molar-refractivity contribution is 0.511.